The van der Waals surface area contributed by atoms with Crippen molar-refractivity contribution in [1.82, 2.24) is 10.6 Å². The Morgan fingerprint density at radius 1 is 1.19 bits per heavy atom. The summed E-state index contributed by atoms with van der Waals surface area (Å²) in [5.74, 6) is -2.20. The quantitative estimate of drug-likeness (QED) is 0.522. The van der Waals surface area contributed by atoms with Gasteiger partial charge in [-0.25, -0.2) is 8.78 Å². The average Bonchev–Trinajstić information content (AvgIpc) is 3.56. The van der Waals surface area contributed by atoms with Gasteiger partial charge in [-0.2, -0.15) is 0 Å². The van der Waals surface area contributed by atoms with E-state index in [9.17, 15) is 18.7 Å². The van der Waals surface area contributed by atoms with Crippen molar-refractivity contribution in [3.63, 3.8) is 0 Å². The molecule has 0 bridgehead atoms. The van der Waals surface area contributed by atoms with Crippen molar-refractivity contribution >= 4 is 11.7 Å². The highest BCUT2D eigenvalue weighted by Gasteiger charge is 2.55. The third-order valence-electron chi connectivity index (χ3n) is 9.21. The Morgan fingerprint density at radius 3 is 2.56 bits per heavy atom. The highest BCUT2D eigenvalue weighted by Crippen LogP contribution is 2.54. The van der Waals surface area contributed by atoms with Crippen molar-refractivity contribution in [3.05, 3.63) is 28.8 Å². The number of rotatable bonds is 7. The minimum atomic E-state index is -2.55. The fourth-order valence-electron chi connectivity index (χ4n) is 6.51. The number of nitrogens with zero attached hydrogens (tertiary/aromatic N) is 1. The zero-order chi connectivity index (χ0) is 25.3. The molecule has 3 heterocycles. The molecule has 7 nitrogen and oxygen atoms in total. The summed E-state index contributed by atoms with van der Waals surface area (Å²) in [6.07, 6.45) is 4.51. The number of oxime groups is 1. The minimum Gasteiger partial charge on any atom is -0.496 e. The molecule has 4 atom stereocenters. The number of ether oxygens (including phenoxy) is 1. The number of alkyl halides is 2. The number of carbonyl (C=O) groups is 1. The van der Waals surface area contributed by atoms with E-state index in [1.165, 1.54) is 5.56 Å². The van der Waals surface area contributed by atoms with Crippen LogP contribution in [-0.2, 0) is 16.1 Å². The van der Waals surface area contributed by atoms with Crippen LogP contribution in [0.2, 0.25) is 0 Å². The number of benzene rings is 1. The maximum atomic E-state index is 13.6. The number of piperidine rings is 1. The molecule has 0 aromatic heterocycles. The van der Waals surface area contributed by atoms with Gasteiger partial charge in [0.2, 0.25) is 5.92 Å². The standard InChI is InChI=1S/C27H35F2N3O4/c1-25(24(33)34)5-6-30-20(12-25)21-13-26(36-32-21)14-31-23(26)8-16-7-18(15-3-4-15)19(9-22(16)35-2)17-10-27(28,29)11-17/h7,9,15,17,20,23,30-31H,3-6,8,10-14H2,1-2H3,(H,33,34). The van der Waals surface area contributed by atoms with Gasteiger partial charge in [0.25, 0.3) is 0 Å². The molecule has 1 spiro atoms. The van der Waals surface area contributed by atoms with E-state index in [-0.39, 0.29) is 30.8 Å². The molecular formula is C27H35F2N3O4. The molecule has 6 rings (SSSR count). The normalized spacial score (nSPS) is 35.5. The molecule has 2 aliphatic carbocycles. The summed E-state index contributed by atoms with van der Waals surface area (Å²) in [4.78, 5) is 17.8. The monoisotopic (exact) mass is 503 g/mol. The lowest BCUT2D eigenvalue weighted by molar-refractivity contribution is -0.149. The number of aliphatic carboxylic acids is 1. The third-order valence-corrected chi connectivity index (χ3v) is 9.21. The summed E-state index contributed by atoms with van der Waals surface area (Å²) >= 11 is 0. The van der Waals surface area contributed by atoms with Crippen LogP contribution < -0.4 is 15.4 Å². The zero-order valence-electron chi connectivity index (χ0n) is 20.9. The van der Waals surface area contributed by atoms with Gasteiger partial charge in [0, 0.05) is 25.8 Å². The van der Waals surface area contributed by atoms with Crippen LogP contribution in [0.25, 0.3) is 0 Å². The van der Waals surface area contributed by atoms with Crippen molar-refractivity contribution in [2.75, 3.05) is 20.2 Å². The molecule has 1 aromatic rings. The Morgan fingerprint density at radius 2 is 1.94 bits per heavy atom. The van der Waals surface area contributed by atoms with E-state index >= 15 is 0 Å². The molecule has 4 fully saturated rings. The van der Waals surface area contributed by atoms with Gasteiger partial charge in [0.05, 0.1) is 30.3 Å². The van der Waals surface area contributed by atoms with Crippen LogP contribution in [-0.4, -0.2) is 60.6 Å². The zero-order valence-corrected chi connectivity index (χ0v) is 20.9. The van der Waals surface area contributed by atoms with Crippen LogP contribution in [0, 0.1) is 5.41 Å². The van der Waals surface area contributed by atoms with Crippen molar-refractivity contribution in [2.45, 2.75) is 93.7 Å². The van der Waals surface area contributed by atoms with Gasteiger partial charge in [-0.3, -0.25) is 4.79 Å². The summed E-state index contributed by atoms with van der Waals surface area (Å²) in [5, 5.41) is 21.1. The maximum Gasteiger partial charge on any atom is 0.309 e. The Bertz CT molecular complexity index is 1100. The number of halogens is 2. The smallest absolute Gasteiger partial charge is 0.309 e. The van der Waals surface area contributed by atoms with Crippen LogP contribution in [0.5, 0.6) is 5.75 Å². The van der Waals surface area contributed by atoms with Gasteiger partial charge in [0.1, 0.15) is 5.75 Å². The molecule has 196 valence electrons. The molecule has 36 heavy (non-hydrogen) atoms. The highest BCUT2D eigenvalue weighted by molar-refractivity contribution is 5.92. The van der Waals surface area contributed by atoms with Crippen molar-refractivity contribution in [2.24, 2.45) is 10.6 Å². The molecule has 9 heteroatoms. The van der Waals surface area contributed by atoms with Crippen LogP contribution in [0.4, 0.5) is 8.78 Å². The van der Waals surface area contributed by atoms with Crippen LogP contribution in [0.1, 0.15) is 80.4 Å². The maximum absolute atomic E-state index is 13.6. The van der Waals surface area contributed by atoms with Crippen molar-refractivity contribution in [1.29, 1.82) is 0 Å². The SMILES string of the molecule is COc1cc(C2CC(F)(F)C2)c(C2CC2)cc1CC1NCC12CC(C1CC(C)(C(=O)O)CCN1)=NO2. The Kier molecular flexibility index (Phi) is 5.61. The lowest BCUT2D eigenvalue weighted by atomic mass is 9.72. The molecule has 2 saturated heterocycles. The largest absolute Gasteiger partial charge is 0.496 e. The van der Waals surface area contributed by atoms with Gasteiger partial charge in [-0.15, -0.1) is 0 Å². The summed E-state index contributed by atoms with van der Waals surface area (Å²) in [7, 11) is 1.64. The molecule has 0 radical (unpaired) electrons. The van der Waals surface area contributed by atoms with Gasteiger partial charge < -0.3 is 25.3 Å². The van der Waals surface area contributed by atoms with Crippen molar-refractivity contribution < 1.29 is 28.3 Å². The molecule has 5 aliphatic rings. The van der Waals surface area contributed by atoms with Crippen LogP contribution in [0.15, 0.2) is 17.3 Å². The fourth-order valence-corrected chi connectivity index (χ4v) is 6.51. The summed E-state index contributed by atoms with van der Waals surface area (Å²) < 4.78 is 33.0. The molecule has 3 N–H and O–H groups in total. The number of hydrogen-bond donors (Lipinski definition) is 3. The Labute approximate surface area is 210 Å². The van der Waals surface area contributed by atoms with E-state index in [1.807, 2.05) is 6.07 Å². The fraction of sp³-hybridized carbons (Fsp3) is 0.704. The second-order valence-electron chi connectivity index (χ2n) is 11.9. The van der Waals surface area contributed by atoms with Gasteiger partial charge >= 0.3 is 5.97 Å². The predicted molar refractivity (Wildman–Crippen MR) is 130 cm³/mol. The first-order valence-corrected chi connectivity index (χ1v) is 13.2. The van der Waals surface area contributed by atoms with E-state index in [2.05, 4.69) is 21.9 Å². The summed E-state index contributed by atoms with van der Waals surface area (Å²) in [6.45, 7) is 3.13. The summed E-state index contributed by atoms with van der Waals surface area (Å²) in [6, 6.07) is 4.13. The first kappa shape index (κ1) is 24.1. The van der Waals surface area contributed by atoms with Gasteiger partial charge in [-0.1, -0.05) is 11.2 Å². The number of nitrogens with one attached hydrogen (secondary N) is 2. The molecule has 3 aliphatic heterocycles. The number of carboxylic acids is 1. The van der Waals surface area contributed by atoms with Crippen LogP contribution >= 0.6 is 0 Å². The predicted octanol–water partition coefficient (Wildman–Crippen LogP) is 3.96. The number of methoxy groups -OCH3 is 1. The average molecular weight is 504 g/mol. The summed E-state index contributed by atoms with van der Waals surface area (Å²) in [5.41, 5.74) is 2.99. The number of carboxylic acid groups (broad SMARTS) is 1. The highest BCUT2D eigenvalue weighted by atomic mass is 19.3. The first-order valence-electron chi connectivity index (χ1n) is 13.2. The van der Waals surface area contributed by atoms with E-state index in [1.54, 1.807) is 14.0 Å². The van der Waals surface area contributed by atoms with E-state index < -0.39 is 22.9 Å². The number of hydrogen-bond acceptors (Lipinski definition) is 6. The van der Waals surface area contributed by atoms with Gasteiger partial charge in [0.15, 0.2) is 5.60 Å². The lowest BCUT2D eigenvalue weighted by Crippen LogP contribution is -2.69. The molecule has 2 saturated carbocycles. The second-order valence-corrected chi connectivity index (χ2v) is 11.9. The van der Waals surface area contributed by atoms with Crippen LogP contribution in [0.3, 0.4) is 0 Å². The molecule has 1 aromatic carbocycles. The van der Waals surface area contributed by atoms with Gasteiger partial charge in [-0.05, 0) is 80.2 Å². The third kappa shape index (κ3) is 4.08. The topological polar surface area (TPSA) is 92.2 Å². The van der Waals surface area contributed by atoms with E-state index in [0.29, 0.717) is 44.7 Å². The molecule has 0 amide bonds. The Hall–Kier alpha value is -2.26. The lowest BCUT2D eigenvalue weighted by Gasteiger charge is -2.46. The first-order chi connectivity index (χ1) is 17.1. The van der Waals surface area contributed by atoms with E-state index in [4.69, 9.17) is 9.57 Å². The molecular weight excluding hydrogens is 468 g/mol. The Balaban J connectivity index is 1.18. The minimum absolute atomic E-state index is 0.0352. The molecule has 4 unspecified atom stereocenters. The van der Waals surface area contributed by atoms with E-state index in [0.717, 1.165) is 35.4 Å². The van der Waals surface area contributed by atoms with Crippen molar-refractivity contribution in [3.8, 4) is 5.75 Å². The second kappa shape index (κ2) is 8.38.